The molecule has 1 aliphatic rings. The molecule has 19 heavy (non-hydrogen) atoms. The summed E-state index contributed by atoms with van der Waals surface area (Å²) in [6.07, 6.45) is 1.06. The summed E-state index contributed by atoms with van der Waals surface area (Å²) in [6.45, 7) is 6.38. The molecule has 0 saturated heterocycles. The van der Waals surface area contributed by atoms with Crippen molar-refractivity contribution >= 4 is 10.0 Å². The van der Waals surface area contributed by atoms with E-state index in [0.717, 1.165) is 6.42 Å². The molecule has 2 rings (SSSR count). The largest absolute Gasteiger partial charge is 0.392 e. The predicted octanol–water partition coefficient (Wildman–Crippen LogP) is 1.81. The maximum absolute atomic E-state index is 12.3. The van der Waals surface area contributed by atoms with Gasteiger partial charge < -0.3 is 5.11 Å². The quantitative estimate of drug-likeness (QED) is 0.866. The molecule has 0 spiro atoms. The molecule has 0 radical (unpaired) electrons. The van der Waals surface area contributed by atoms with Crippen molar-refractivity contribution in [3.63, 3.8) is 0 Å². The Morgan fingerprint density at radius 3 is 2.58 bits per heavy atom. The standard InChI is InChI=1S/C14H21NO3S/c1-10-4-5-11(9-16)6-13(10)19(17,18)15-8-12-7-14(12,2)3/h4-6,12,15-16H,7-9H2,1-3H3. The number of aryl methyl sites for hydroxylation is 1. The van der Waals surface area contributed by atoms with E-state index < -0.39 is 10.0 Å². The highest BCUT2D eigenvalue weighted by atomic mass is 32.2. The van der Waals surface area contributed by atoms with Crippen molar-refractivity contribution in [2.24, 2.45) is 11.3 Å². The van der Waals surface area contributed by atoms with Gasteiger partial charge in [0.15, 0.2) is 0 Å². The van der Waals surface area contributed by atoms with E-state index in [9.17, 15) is 8.42 Å². The van der Waals surface area contributed by atoms with Crippen LogP contribution in [0.4, 0.5) is 0 Å². The molecule has 1 aromatic rings. The Bertz CT molecular complexity index is 578. The summed E-state index contributed by atoms with van der Waals surface area (Å²) < 4.78 is 27.2. The van der Waals surface area contributed by atoms with Gasteiger partial charge in [0, 0.05) is 6.54 Å². The van der Waals surface area contributed by atoms with Crippen LogP contribution >= 0.6 is 0 Å². The van der Waals surface area contributed by atoms with Crippen LogP contribution in [0.5, 0.6) is 0 Å². The Labute approximate surface area is 114 Å². The minimum Gasteiger partial charge on any atom is -0.392 e. The van der Waals surface area contributed by atoms with Crippen LogP contribution < -0.4 is 4.72 Å². The molecule has 1 unspecified atom stereocenters. The minimum atomic E-state index is -3.49. The number of nitrogens with one attached hydrogen (secondary N) is 1. The highest BCUT2D eigenvalue weighted by Gasteiger charge is 2.45. The van der Waals surface area contributed by atoms with Gasteiger partial charge in [0.2, 0.25) is 10.0 Å². The molecular formula is C14H21NO3S. The Balaban J connectivity index is 2.15. The number of aliphatic hydroxyl groups excluding tert-OH is 1. The lowest BCUT2D eigenvalue weighted by molar-refractivity contribution is 0.281. The zero-order valence-corrected chi connectivity index (χ0v) is 12.4. The molecule has 0 aliphatic heterocycles. The topological polar surface area (TPSA) is 66.4 Å². The van der Waals surface area contributed by atoms with E-state index in [2.05, 4.69) is 18.6 Å². The van der Waals surface area contributed by atoms with Crippen molar-refractivity contribution in [1.82, 2.24) is 4.72 Å². The molecule has 106 valence electrons. The van der Waals surface area contributed by atoms with E-state index in [4.69, 9.17) is 5.11 Å². The fourth-order valence-corrected chi connectivity index (χ4v) is 3.62. The van der Waals surface area contributed by atoms with Gasteiger partial charge >= 0.3 is 0 Å². The lowest BCUT2D eigenvalue weighted by Gasteiger charge is -2.11. The minimum absolute atomic E-state index is 0.154. The molecule has 1 fully saturated rings. The van der Waals surface area contributed by atoms with Crippen LogP contribution in [-0.2, 0) is 16.6 Å². The SMILES string of the molecule is Cc1ccc(CO)cc1S(=O)(=O)NCC1CC1(C)C. The third kappa shape index (κ3) is 3.16. The zero-order valence-electron chi connectivity index (χ0n) is 11.6. The molecule has 0 amide bonds. The third-order valence-corrected chi connectivity index (χ3v) is 5.53. The lowest BCUT2D eigenvalue weighted by atomic mass is 10.1. The monoisotopic (exact) mass is 283 g/mol. The second-order valence-electron chi connectivity index (χ2n) is 6.00. The second-order valence-corrected chi connectivity index (χ2v) is 7.73. The van der Waals surface area contributed by atoms with Crippen LogP contribution in [0, 0.1) is 18.3 Å². The molecule has 5 heteroatoms. The van der Waals surface area contributed by atoms with Crippen LogP contribution in [0.3, 0.4) is 0 Å². The molecule has 1 aliphatic carbocycles. The summed E-state index contributed by atoms with van der Waals surface area (Å²) in [6, 6.07) is 5.00. The Morgan fingerprint density at radius 2 is 2.05 bits per heavy atom. The highest BCUT2D eigenvalue weighted by molar-refractivity contribution is 7.89. The maximum Gasteiger partial charge on any atom is 0.240 e. The number of hydrogen-bond donors (Lipinski definition) is 2. The first kappa shape index (κ1) is 14.5. The molecule has 4 nitrogen and oxygen atoms in total. The summed E-state index contributed by atoms with van der Waals surface area (Å²) in [4.78, 5) is 0.262. The van der Waals surface area contributed by atoms with Crippen molar-refractivity contribution in [2.45, 2.75) is 38.7 Å². The van der Waals surface area contributed by atoms with Crippen LogP contribution in [0.2, 0.25) is 0 Å². The van der Waals surface area contributed by atoms with Gasteiger partial charge in [-0.2, -0.15) is 0 Å². The molecule has 1 atom stereocenters. The Morgan fingerprint density at radius 1 is 1.42 bits per heavy atom. The fraction of sp³-hybridized carbons (Fsp3) is 0.571. The van der Waals surface area contributed by atoms with Gasteiger partial charge in [-0.15, -0.1) is 0 Å². The van der Waals surface area contributed by atoms with Gasteiger partial charge in [-0.1, -0.05) is 26.0 Å². The molecule has 1 aromatic carbocycles. The van der Waals surface area contributed by atoms with Crippen LogP contribution in [-0.4, -0.2) is 20.1 Å². The van der Waals surface area contributed by atoms with E-state index in [1.54, 1.807) is 19.1 Å². The average molecular weight is 283 g/mol. The summed E-state index contributed by atoms with van der Waals surface area (Å²) >= 11 is 0. The van der Waals surface area contributed by atoms with Crippen LogP contribution in [0.15, 0.2) is 23.1 Å². The zero-order chi connectivity index (χ0) is 14.3. The summed E-state index contributed by atoms with van der Waals surface area (Å²) in [7, 11) is -3.49. The molecule has 0 bridgehead atoms. The highest BCUT2D eigenvalue weighted by Crippen LogP contribution is 2.51. The number of hydrogen-bond acceptors (Lipinski definition) is 3. The van der Waals surface area contributed by atoms with Gasteiger partial charge in [-0.05, 0) is 41.9 Å². The van der Waals surface area contributed by atoms with E-state index in [0.29, 0.717) is 23.6 Å². The third-order valence-electron chi connectivity index (χ3n) is 3.96. The van der Waals surface area contributed by atoms with Crippen LogP contribution in [0.25, 0.3) is 0 Å². The van der Waals surface area contributed by atoms with Crippen molar-refractivity contribution in [2.75, 3.05) is 6.54 Å². The van der Waals surface area contributed by atoms with Gasteiger partial charge in [0.25, 0.3) is 0 Å². The summed E-state index contributed by atoms with van der Waals surface area (Å²) in [5, 5.41) is 9.10. The maximum atomic E-state index is 12.3. The summed E-state index contributed by atoms with van der Waals surface area (Å²) in [5.74, 6) is 0.420. The summed E-state index contributed by atoms with van der Waals surface area (Å²) in [5.41, 5.74) is 1.56. The van der Waals surface area contributed by atoms with Gasteiger partial charge in [-0.25, -0.2) is 13.1 Å². The predicted molar refractivity (Wildman–Crippen MR) is 74.2 cm³/mol. The molecule has 0 heterocycles. The number of benzene rings is 1. The van der Waals surface area contributed by atoms with E-state index in [1.165, 1.54) is 6.07 Å². The van der Waals surface area contributed by atoms with E-state index in [-0.39, 0.29) is 16.9 Å². The van der Waals surface area contributed by atoms with Crippen molar-refractivity contribution in [3.05, 3.63) is 29.3 Å². The first-order valence-corrected chi connectivity index (χ1v) is 7.94. The van der Waals surface area contributed by atoms with Gasteiger partial charge in [0.05, 0.1) is 11.5 Å². The lowest BCUT2D eigenvalue weighted by Crippen LogP contribution is -2.27. The first-order chi connectivity index (χ1) is 8.76. The van der Waals surface area contributed by atoms with E-state index in [1.807, 2.05) is 0 Å². The Hall–Kier alpha value is -0.910. The molecule has 1 saturated carbocycles. The smallest absolute Gasteiger partial charge is 0.240 e. The Kier molecular flexibility index (Phi) is 3.73. The van der Waals surface area contributed by atoms with Gasteiger partial charge in [-0.3, -0.25) is 0 Å². The number of sulfonamides is 1. The van der Waals surface area contributed by atoms with Crippen molar-refractivity contribution < 1.29 is 13.5 Å². The normalized spacial score (nSPS) is 21.4. The number of aliphatic hydroxyl groups is 1. The van der Waals surface area contributed by atoms with Crippen molar-refractivity contribution in [3.8, 4) is 0 Å². The molecule has 2 N–H and O–H groups in total. The first-order valence-electron chi connectivity index (χ1n) is 6.46. The van der Waals surface area contributed by atoms with E-state index >= 15 is 0 Å². The van der Waals surface area contributed by atoms with Gasteiger partial charge in [0.1, 0.15) is 0 Å². The number of rotatable bonds is 5. The fourth-order valence-electron chi connectivity index (χ4n) is 2.25. The molecule has 0 aromatic heterocycles. The molecular weight excluding hydrogens is 262 g/mol. The van der Waals surface area contributed by atoms with Crippen LogP contribution in [0.1, 0.15) is 31.4 Å². The average Bonchev–Trinajstić information content (AvgIpc) is 2.95. The second kappa shape index (κ2) is 4.89. The van der Waals surface area contributed by atoms with Crippen molar-refractivity contribution in [1.29, 1.82) is 0 Å².